The molecule has 0 saturated carbocycles. The standard InChI is InChI=1S/C10H11Cl2FN2O/c1-5(15-4-10(14)16)6-2-9(13)8(12)3-7(6)11/h2-3,5,15H,4H2,1H3,(H2,14,16)/p+1/t5-/m0/s1. The maximum absolute atomic E-state index is 13.2. The second kappa shape index (κ2) is 5.48. The third kappa shape index (κ3) is 3.33. The summed E-state index contributed by atoms with van der Waals surface area (Å²) in [6.45, 7) is 1.93. The molecule has 0 heterocycles. The minimum absolute atomic E-state index is 0.0177. The van der Waals surface area contributed by atoms with Crippen LogP contribution in [0.5, 0.6) is 0 Å². The first-order valence-corrected chi connectivity index (χ1v) is 5.43. The molecule has 4 N–H and O–H groups in total. The Balaban J connectivity index is 2.86. The van der Waals surface area contributed by atoms with E-state index in [9.17, 15) is 9.18 Å². The zero-order chi connectivity index (χ0) is 12.3. The summed E-state index contributed by atoms with van der Waals surface area (Å²) in [5.41, 5.74) is 5.60. The number of rotatable bonds is 4. The molecule has 1 aromatic carbocycles. The second-order valence-corrected chi connectivity index (χ2v) is 4.30. The van der Waals surface area contributed by atoms with Gasteiger partial charge >= 0.3 is 0 Å². The highest BCUT2D eigenvalue weighted by Crippen LogP contribution is 2.27. The van der Waals surface area contributed by atoms with E-state index in [0.29, 0.717) is 10.6 Å². The van der Waals surface area contributed by atoms with Gasteiger partial charge in [-0.1, -0.05) is 23.2 Å². The molecule has 0 saturated heterocycles. The van der Waals surface area contributed by atoms with Crippen molar-refractivity contribution in [2.45, 2.75) is 13.0 Å². The van der Waals surface area contributed by atoms with Crippen molar-refractivity contribution >= 4 is 29.1 Å². The molecule has 6 heteroatoms. The molecular formula is C10H12Cl2FN2O+. The monoisotopic (exact) mass is 265 g/mol. The van der Waals surface area contributed by atoms with Crippen LogP contribution >= 0.6 is 23.2 Å². The van der Waals surface area contributed by atoms with E-state index in [0.717, 1.165) is 0 Å². The van der Waals surface area contributed by atoms with Crippen LogP contribution in [0.2, 0.25) is 10.0 Å². The van der Waals surface area contributed by atoms with Crippen LogP contribution in [-0.2, 0) is 4.79 Å². The van der Waals surface area contributed by atoms with Gasteiger partial charge < -0.3 is 11.1 Å². The van der Waals surface area contributed by atoms with E-state index in [1.54, 1.807) is 12.2 Å². The fourth-order valence-electron chi connectivity index (χ4n) is 1.31. The number of amides is 1. The number of benzene rings is 1. The molecule has 1 aromatic rings. The van der Waals surface area contributed by atoms with Crippen molar-refractivity contribution in [1.82, 2.24) is 0 Å². The predicted molar refractivity (Wildman–Crippen MR) is 60.8 cm³/mol. The Morgan fingerprint density at radius 3 is 2.69 bits per heavy atom. The normalized spacial score (nSPS) is 12.5. The van der Waals surface area contributed by atoms with Crippen molar-refractivity contribution in [2.75, 3.05) is 6.54 Å². The number of carbonyl (C=O) groups is 1. The van der Waals surface area contributed by atoms with Crippen LogP contribution in [0.4, 0.5) is 4.39 Å². The minimum Gasteiger partial charge on any atom is -0.365 e. The first-order valence-electron chi connectivity index (χ1n) is 4.68. The largest absolute Gasteiger partial charge is 0.365 e. The number of quaternary nitrogens is 1. The average molecular weight is 266 g/mol. The molecule has 16 heavy (non-hydrogen) atoms. The minimum atomic E-state index is -0.527. The highest BCUT2D eigenvalue weighted by Gasteiger charge is 2.16. The molecule has 0 aliphatic carbocycles. The Kier molecular flexibility index (Phi) is 4.53. The molecule has 0 spiro atoms. The van der Waals surface area contributed by atoms with Gasteiger partial charge in [0.15, 0.2) is 6.54 Å². The summed E-state index contributed by atoms with van der Waals surface area (Å²) >= 11 is 11.5. The molecule has 0 aliphatic heterocycles. The fourth-order valence-corrected chi connectivity index (χ4v) is 1.86. The van der Waals surface area contributed by atoms with Gasteiger partial charge in [-0.2, -0.15) is 0 Å². The summed E-state index contributed by atoms with van der Waals surface area (Å²) in [6.07, 6.45) is 0. The summed E-state index contributed by atoms with van der Waals surface area (Å²) in [6, 6.07) is 2.46. The molecule has 0 unspecified atom stereocenters. The van der Waals surface area contributed by atoms with E-state index in [2.05, 4.69) is 0 Å². The number of carbonyl (C=O) groups excluding carboxylic acids is 1. The van der Waals surface area contributed by atoms with Crippen molar-refractivity contribution in [3.8, 4) is 0 Å². The molecule has 0 aliphatic rings. The Bertz CT molecular complexity index is 412. The lowest BCUT2D eigenvalue weighted by molar-refractivity contribution is -0.682. The first kappa shape index (κ1) is 13.2. The van der Waals surface area contributed by atoms with E-state index in [-0.39, 0.29) is 17.6 Å². The number of primary amides is 1. The van der Waals surface area contributed by atoms with Crippen LogP contribution in [0.3, 0.4) is 0 Å². The Morgan fingerprint density at radius 1 is 1.50 bits per heavy atom. The number of halogens is 3. The maximum atomic E-state index is 13.2. The molecular weight excluding hydrogens is 254 g/mol. The number of hydrogen-bond acceptors (Lipinski definition) is 1. The highest BCUT2D eigenvalue weighted by atomic mass is 35.5. The van der Waals surface area contributed by atoms with Gasteiger partial charge in [0.1, 0.15) is 11.9 Å². The fraction of sp³-hybridized carbons (Fsp3) is 0.300. The van der Waals surface area contributed by atoms with Crippen LogP contribution < -0.4 is 11.1 Å². The Morgan fingerprint density at radius 2 is 2.12 bits per heavy atom. The van der Waals surface area contributed by atoms with Gasteiger partial charge in [0.05, 0.1) is 10.0 Å². The van der Waals surface area contributed by atoms with Crippen molar-refractivity contribution < 1.29 is 14.5 Å². The third-order valence-corrected chi connectivity index (χ3v) is 2.82. The second-order valence-electron chi connectivity index (χ2n) is 3.48. The first-order chi connectivity index (χ1) is 7.41. The van der Waals surface area contributed by atoms with Crippen molar-refractivity contribution in [2.24, 2.45) is 5.73 Å². The van der Waals surface area contributed by atoms with E-state index >= 15 is 0 Å². The zero-order valence-corrected chi connectivity index (χ0v) is 10.1. The Labute approximate surface area is 103 Å². The molecule has 88 valence electrons. The van der Waals surface area contributed by atoms with Crippen molar-refractivity contribution in [1.29, 1.82) is 0 Å². The van der Waals surface area contributed by atoms with Gasteiger partial charge in [0, 0.05) is 5.56 Å². The van der Waals surface area contributed by atoms with Gasteiger partial charge in [-0.25, -0.2) is 4.39 Å². The van der Waals surface area contributed by atoms with E-state index in [1.807, 2.05) is 0 Å². The number of nitrogens with two attached hydrogens (primary N) is 2. The topological polar surface area (TPSA) is 59.7 Å². The van der Waals surface area contributed by atoms with Gasteiger partial charge in [-0.05, 0) is 19.1 Å². The van der Waals surface area contributed by atoms with Crippen LogP contribution in [-0.4, -0.2) is 12.5 Å². The molecule has 1 amide bonds. The molecule has 0 bridgehead atoms. The molecule has 1 rings (SSSR count). The maximum Gasteiger partial charge on any atom is 0.272 e. The van der Waals surface area contributed by atoms with Crippen molar-refractivity contribution in [3.63, 3.8) is 0 Å². The van der Waals surface area contributed by atoms with Gasteiger partial charge in [0.25, 0.3) is 5.91 Å². The average Bonchev–Trinajstić information content (AvgIpc) is 2.20. The lowest BCUT2D eigenvalue weighted by Gasteiger charge is -2.12. The number of hydrogen-bond donors (Lipinski definition) is 2. The van der Waals surface area contributed by atoms with E-state index in [4.69, 9.17) is 28.9 Å². The molecule has 3 nitrogen and oxygen atoms in total. The summed E-state index contributed by atoms with van der Waals surface area (Å²) in [4.78, 5) is 10.6. The van der Waals surface area contributed by atoms with E-state index < -0.39 is 11.7 Å². The molecule has 0 aromatic heterocycles. The van der Waals surface area contributed by atoms with Gasteiger partial charge in [-0.3, -0.25) is 4.79 Å². The highest BCUT2D eigenvalue weighted by molar-refractivity contribution is 6.35. The summed E-state index contributed by atoms with van der Waals surface area (Å²) < 4.78 is 13.2. The summed E-state index contributed by atoms with van der Waals surface area (Å²) in [5.74, 6) is -0.960. The summed E-state index contributed by atoms with van der Waals surface area (Å²) in [5, 5.41) is 2.03. The Hall–Kier alpha value is -0.840. The quantitative estimate of drug-likeness (QED) is 0.791. The van der Waals surface area contributed by atoms with Crippen molar-refractivity contribution in [3.05, 3.63) is 33.6 Å². The van der Waals surface area contributed by atoms with Gasteiger partial charge in [-0.15, -0.1) is 0 Å². The molecule has 1 atom stereocenters. The van der Waals surface area contributed by atoms with Crippen LogP contribution in [0.1, 0.15) is 18.5 Å². The predicted octanol–water partition coefficient (Wildman–Crippen LogP) is 1.24. The van der Waals surface area contributed by atoms with Gasteiger partial charge in [0.2, 0.25) is 0 Å². The zero-order valence-electron chi connectivity index (χ0n) is 8.64. The van der Waals surface area contributed by atoms with Crippen LogP contribution in [0.25, 0.3) is 0 Å². The smallest absolute Gasteiger partial charge is 0.272 e. The van der Waals surface area contributed by atoms with Crippen LogP contribution in [0.15, 0.2) is 12.1 Å². The third-order valence-electron chi connectivity index (χ3n) is 2.20. The lowest BCUT2D eigenvalue weighted by atomic mass is 10.1. The molecule has 0 radical (unpaired) electrons. The molecule has 0 fully saturated rings. The summed E-state index contributed by atoms with van der Waals surface area (Å²) in [7, 11) is 0. The van der Waals surface area contributed by atoms with E-state index in [1.165, 1.54) is 12.1 Å². The lowest BCUT2D eigenvalue weighted by Crippen LogP contribution is -2.86. The SMILES string of the molecule is C[C@H]([NH2+]CC(N)=O)c1cc(F)c(Cl)cc1Cl. The van der Waals surface area contributed by atoms with Crippen LogP contribution in [0, 0.1) is 5.82 Å².